The lowest BCUT2D eigenvalue weighted by atomic mass is 9.99. The molecule has 0 saturated carbocycles. The fourth-order valence-electron chi connectivity index (χ4n) is 4.09. The highest BCUT2D eigenvalue weighted by atomic mass is 35.5. The van der Waals surface area contributed by atoms with Crippen LogP contribution in [0.15, 0.2) is 6.07 Å². The fraction of sp³-hybridized carbons (Fsp3) is 0.733. The first kappa shape index (κ1) is 13.3. The summed E-state index contributed by atoms with van der Waals surface area (Å²) in [6.45, 7) is 3.60. The third-order valence-electron chi connectivity index (χ3n) is 5.18. The first-order chi connectivity index (χ1) is 10.7. The second-order valence-corrected chi connectivity index (χ2v) is 7.12. The summed E-state index contributed by atoms with van der Waals surface area (Å²) in [5, 5.41) is 8.98. The minimum Gasteiger partial charge on any atom is -0.371 e. The molecule has 0 amide bonds. The number of anilines is 2. The molecule has 6 heterocycles. The normalized spacial score (nSPS) is 36.4. The summed E-state index contributed by atoms with van der Waals surface area (Å²) >= 11 is 6.32. The van der Waals surface area contributed by atoms with E-state index in [0.29, 0.717) is 29.6 Å². The van der Waals surface area contributed by atoms with Crippen LogP contribution in [-0.4, -0.2) is 60.8 Å². The summed E-state index contributed by atoms with van der Waals surface area (Å²) in [6.07, 6.45) is 4.87. The van der Waals surface area contributed by atoms with E-state index in [0.717, 1.165) is 50.5 Å². The molecule has 6 rings (SSSR count). The number of fused-ring (bicyclic) bond motifs is 4. The quantitative estimate of drug-likeness (QED) is 0.822. The van der Waals surface area contributed by atoms with Crippen LogP contribution in [-0.2, 0) is 9.47 Å². The Morgan fingerprint density at radius 2 is 1.50 bits per heavy atom. The van der Waals surface area contributed by atoms with Gasteiger partial charge in [0.25, 0.3) is 0 Å². The summed E-state index contributed by atoms with van der Waals surface area (Å²) < 4.78 is 11.6. The predicted octanol–water partition coefficient (Wildman–Crippen LogP) is 1.48. The second-order valence-electron chi connectivity index (χ2n) is 6.76. The van der Waals surface area contributed by atoms with Gasteiger partial charge in [0.15, 0.2) is 11.0 Å². The van der Waals surface area contributed by atoms with Crippen molar-refractivity contribution in [2.75, 3.05) is 36.0 Å². The maximum absolute atomic E-state index is 6.32. The van der Waals surface area contributed by atoms with Crippen LogP contribution in [0.3, 0.4) is 0 Å². The molecule has 5 saturated heterocycles. The number of halogens is 1. The predicted molar refractivity (Wildman–Crippen MR) is 82.6 cm³/mol. The van der Waals surface area contributed by atoms with Crippen LogP contribution < -0.4 is 9.80 Å². The van der Waals surface area contributed by atoms with Crippen molar-refractivity contribution in [2.45, 2.75) is 43.7 Å². The molecule has 4 atom stereocenters. The van der Waals surface area contributed by atoms with Gasteiger partial charge in [0, 0.05) is 38.7 Å². The second kappa shape index (κ2) is 4.94. The number of piperidine rings is 1. The van der Waals surface area contributed by atoms with Crippen LogP contribution >= 0.6 is 11.6 Å². The number of nitrogens with zero attached hydrogens (tertiary/aromatic N) is 4. The average Bonchev–Trinajstić information content (AvgIpc) is 2.85. The molecule has 1 aromatic rings. The Labute approximate surface area is 134 Å². The molecule has 5 fully saturated rings. The van der Waals surface area contributed by atoms with Crippen molar-refractivity contribution >= 4 is 23.1 Å². The Balaban J connectivity index is 1.41. The van der Waals surface area contributed by atoms with Crippen LogP contribution in [0.5, 0.6) is 0 Å². The van der Waals surface area contributed by atoms with Gasteiger partial charge in [-0.3, -0.25) is 0 Å². The molecule has 7 heteroatoms. The number of ether oxygens (including phenoxy) is 2. The number of aromatic nitrogens is 2. The summed E-state index contributed by atoms with van der Waals surface area (Å²) in [6, 6.07) is 2.09. The Morgan fingerprint density at radius 1 is 0.909 bits per heavy atom. The van der Waals surface area contributed by atoms with Gasteiger partial charge in [-0.15, -0.1) is 10.2 Å². The zero-order valence-electron chi connectivity index (χ0n) is 12.3. The van der Waals surface area contributed by atoms with Crippen LogP contribution in [0.25, 0.3) is 0 Å². The molecule has 1 aromatic heterocycles. The molecule has 6 nitrogen and oxygen atoms in total. The largest absolute Gasteiger partial charge is 0.371 e. The highest BCUT2D eigenvalue weighted by Crippen LogP contribution is 2.35. The number of hydrogen-bond acceptors (Lipinski definition) is 6. The molecule has 4 bridgehead atoms. The zero-order valence-corrected chi connectivity index (χ0v) is 13.1. The van der Waals surface area contributed by atoms with Gasteiger partial charge in [-0.2, -0.15) is 0 Å². The van der Waals surface area contributed by atoms with E-state index in [-0.39, 0.29) is 0 Å². The monoisotopic (exact) mass is 322 g/mol. The zero-order chi connectivity index (χ0) is 14.7. The van der Waals surface area contributed by atoms with Crippen LogP contribution in [0, 0.1) is 0 Å². The van der Waals surface area contributed by atoms with Crippen molar-refractivity contribution in [3.05, 3.63) is 11.2 Å². The van der Waals surface area contributed by atoms with Gasteiger partial charge in [0.1, 0.15) is 0 Å². The van der Waals surface area contributed by atoms with Gasteiger partial charge >= 0.3 is 0 Å². The number of morpholine rings is 2. The summed E-state index contributed by atoms with van der Waals surface area (Å²) in [7, 11) is 0. The van der Waals surface area contributed by atoms with Crippen molar-refractivity contribution in [3.63, 3.8) is 0 Å². The van der Waals surface area contributed by atoms with Gasteiger partial charge in [-0.25, -0.2) is 0 Å². The minimum absolute atomic E-state index is 0.336. The van der Waals surface area contributed by atoms with E-state index >= 15 is 0 Å². The highest BCUT2D eigenvalue weighted by Gasteiger charge is 2.39. The van der Waals surface area contributed by atoms with Crippen molar-refractivity contribution in [3.8, 4) is 0 Å². The highest BCUT2D eigenvalue weighted by molar-refractivity contribution is 6.32. The first-order valence-corrected chi connectivity index (χ1v) is 8.46. The van der Waals surface area contributed by atoms with E-state index in [4.69, 9.17) is 21.1 Å². The van der Waals surface area contributed by atoms with Crippen molar-refractivity contribution < 1.29 is 9.47 Å². The molecular formula is C15H19ClN4O2. The summed E-state index contributed by atoms with van der Waals surface area (Å²) in [5.74, 6) is 0.913. The van der Waals surface area contributed by atoms with E-state index < -0.39 is 0 Å². The van der Waals surface area contributed by atoms with E-state index in [1.807, 2.05) is 0 Å². The smallest absolute Gasteiger partial charge is 0.175 e. The first-order valence-electron chi connectivity index (χ1n) is 8.08. The molecule has 5 aliphatic rings. The molecule has 22 heavy (non-hydrogen) atoms. The van der Waals surface area contributed by atoms with Gasteiger partial charge in [-0.1, -0.05) is 11.6 Å². The lowest BCUT2D eigenvalue weighted by molar-refractivity contribution is -0.133. The molecule has 118 valence electrons. The Morgan fingerprint density at radius 3 is 2.18 bits per heavy atom. The Hall–Kier alpha value is -1.11. The van der Waals surface area contributed by atoms with E-state index in [9.17, 15) is 0 Å². The molecule has 0 radical (unpaired) electrons. The molecule has 4 unspecified atom stereocenters. The van der Waals surface area contributed by atoms with Crippen LogP contribution in [0.4, 0.5) is 11.5 Å². The van der Waals surface area contributed by atoms with Crippen molar-refractivity contribution in [1.82, 2.24) is 10.2 Å². The average molecular weight is 323 g/mol. The standard InChI is InChI=1S/C15H19ClN4O2/c16-15-13(19-5-9-1-2-10(6-19)21-9)4-14(17-18-15)20-7-11-3-12(8-20)22-11/h4,9-12H,1-3,5-8H2. The van der Waals surface area contributed by atoms with Crippen molar-refractivity contribution in [1.29, 1.82) is 0 Å². The maximum atomic E-state index is 6.32. The lowest BCUT2D eigenvalue weighted by Crippen LogP contribution is -2.57. The molecule has 0 spiro atoms. The van der Waals surface area contributed by atoms with Gasteiger partial charge in [0.05, 0.1) is 30.1 Å². The van der Waals surface area contributed by atoms with Gasteiger partial charge in [0.2, 0.25) is 0 Å². The lowest BCUT2D eigenvalue weighted by Gasteiger charge is -2.47. The minimum atomic E-state index is 0.336. The van der Waals surface area contributed by atoms with E-state index in [1.54, 1.807) is 0 Å². The molecule has 5 aliphatic heterocycles. The Kier molecular flexibility index (Phi) is 3.00. The molecule has 0 aliphatic carbocycles. The topological polar surface area (TPSA) is 50.7 Å². The number of rotatable bonds is 2. The molecule has 0 N–H and O–H groups in total. The summed E-state index contributed by atoms with van der Waals surface area (Å²) in [4.78, 5) is 4.58. The van der Waals surface area contributed by atoms with Gasteiger partial charge < -0.3 is 19.3 Å². The van der Waals surface area contributed by atoms with Crippen LogP contribution in [0.1, 0.15) is 19.3 Å². The SMILES string of the molecule is Clc1nnc(N2CC3CC(C2)O3)cc1N1CC2CCC(C1)O2. The number of hydrogen-bond donors (Lipinski definition) is 0. The fourth-order valence-corrected chi connectivity index (χ4v) is 4.30. The summed E-state index contributed by atoms with van der Waals surface area (Å²) in [5.41, 5.74) is 0.993. The maximum Gasteiger partial charge on any atom is 0.175 e. The molecule has 0 aromatic carbocycles. The van der Waals surface area contributed by atoms with E-state index in [1.165, 1.54) is 6.42 Å². The molecular weight excluding hydrogens is 304 g/mol. The van der Waals surface area contributed by atoms with E-state index in [2.05, 4.69) is 26.1 Å². The van der Waals surface area contributed by atoms with Crippen molar-refractivity contribution in [2.24, 2.45) is 0 Å². The Bertz CT molecular complexity index is 573. The van der Waals surface area contributed by atoms with Gasteiger partial charge in [-0.05, 0) is 12.8 Å². The third kappa shape index (κ3) is 2.16. The third-order valence-corrected chi connectivity index (χ3v) is 5.45. The van der Waals surface area contributed by atoms with Crippen LogP contribution in [0.2, 0.25) is 5.15 Å².